The Morgan fingerprint density at radius 2 is 1.46 bits per heavy atom. The molecule has 12 rings (SSSR count). The normalized spacial score (nSPS) is 23.3. The summed E-state index contributed by atoms with van der Waals surface area (Å²) in [5, 5.41) is 77.4. The summed E-state index contributed by atoms with van der Waals surface area (Å²) in [7, 11) is 4.85. The third kappa shape index (κ3) is 16.6. The van der Waals surface area contributed by atoms with Gasteiger partial charge in [0.1, 0.15) is 120 Å². The van der Waals surface area contributed by atoms with Crippen molar-refractivity contribution < 1.29 is 102 Å². The Hall–Kier alpha value is -8.91. The van der Waals surface area contributed by atoms with E-state index >= 15 is 19.2 Å². The Bertz CT molecular complexity index is 4600. The molecule has 1 aromatic carbocycles. The predicted octanol–water partition coefficient (Wildman–Crippen LogP) is 3.93. The number of thiazole rings is 5. The van der Waals surface area contributed by atoms with Crippen LogP contribution in [0.3, 0.4) is 0 Å². The van der Waals surface area contributed by atoms with E-state index in [4.69, 9.17) is 62.7 Å². The van der Waals surface area contributed by atoms with Crippen LogP contribution in [-0.4, -0.2) is 236 Å². The number of carbonyl (C=O) groups excluding carboxylic acids is 7. The van der Waals surface area contributed by atoms with Crippen molar-refractivity contribution >= 4 is 115 Å². The van der Waals surface area contributed by atoms with Crippen molar-refractivity contribution in [1.29, 1.82) is 0 Å². The Balaban J connectivity index is 0.974. The Morgan fingerprint density at radius 1 is 0.800 bits per heavy atom. The number of cyclic esters (lactones) is 2. The minimum absolute atomic E-state index is 0.0121. The number of hydrogen-bond acceptors (Lipinski definition) is 33. The lowest BCUT2D eigenvalue weighted by Crippen LogP contribution is -2.62. The van der Waals surface area contributed by atoms with E-state index < -0.39 is 133 Å². The maximum atomic E-state index is 15.2. The number of carbonyl (C=O) groups is 7. The number of ether oxygens (including phenoxy) is 9. The summed E-state index contributed by atoms with van der Waals surface area (Å²) in [5.41, 5.74) is -2.42. The zero-order chi connectivity index (χ0) is 74.5. The summed E-state index contributed by atoms with van der Waals surface area (Å²) < 4.78 is 54.5. The van der Waals surface area contributed by atoms with Gasteiger partial charge in [0, 0.05) is 56.4 Å². The molecule has 0 saturated carbocycles. The van der Waals surface area contributed by atoms with Gasteiger partial charge < -0.3 is 99.7 Å². The number of allylic oxidation sites excluding steroid dienone is 1. The molecular weight excluding hydrogens is 1470 g/mol. The monoisotopic (exact) mass is 1540 g/mol. The van der Waals surface area contributed by atoms with Gasteiger partial charge in [0.2, 0.25) is 5.91 Å². The molecule has 0 aliphatic carbocycles. The lowest BCUT2D eigenvalue weighted by Gasteiger charge is -2.48. The molecule has 0 radical (unpaired) electrons. The molecule has 7 aromatic heterocycles. The average molecular weight is 1540 g/mol. The second-order valence-corrected chi connectivity index (χ2v) is 29.2. The largest absolute Gasteiger partial charge is 0.506 e. The number of aromatic hydroxyl groups is 1. The number of hydrogen-bond donors (Lipinski definition) is 10. The number of esters is 2. The molecule has 4 aliphatic heterocycles. The van der Waals surface area contributed by atoms with Crippen LogP contribution >= 0.6 is 56.7 Å². The molecule has 12 bridgehead atoms. The first-order chi connectivity index (χ1) is 50.4. The lowest BCUT2D eigenvalue weighted by molar-refractivity contribution is -0.280. The summed E-state index contributed by atoms with van der Waals surface area (Å²) in [4.78, 5) is 133. The Labute approximate surface area is 617 Å². The van der Waals surface area contributed by atoms with Crippen molar-refractivity contribution in [3.63, 3.8) is 0 Å². The van der Waals surface area contributed by atoms with E-state index in [0.717, 1.165) is 56.7 Å². The van der Waals surface area contributed by atoms with Gasteiger partial charge in [-0.2, -0.15) is 4.73 Å². The molecule has 11 heterocycles. The molecule has 10 unspecified atom stereocenters. The topological polar surface area (TPSA) is 449 Å². The standard InChI is InChI=1S/C66H73N13O21S5/c1-29(81)45-58(87)76-46(30(2)92-7)61-72-40(28-103-61)57(86)77-49-51-52(100-43-20-66(4,90)53(78(5)6)31(3)99-43)65(89)97-21-32-9-8-10-41-44(32)34(22-96-51)50(79(41)91)64(88)98-23-35(68-55(84)38-27-105-63(49)73-38)60-69-36(24-102-60)47-33(59-70-39(26-101-59)56(85)75-45)19-42(82)48(74-47)62-71-37(25-104-62)54(83)67-11-13-93-15-17-95-18-16-94-14-12-80/h8-10,19,24-29,31,35,43,45,49,51-53,80-82,90-91H,11-18,20-23H2,1-7H3,(H,67,83)(H,68,84)(H,75,85)(H,76,87)(H,77,86)/b46-30+. The number of fused-ring (bicyclic) bond motifs is 15. The molecule has 10 atom stereocenters. The predicted molar refractivity (Wildman–Crippen MR) is 376 cm³/mol. The molecular formula is C66H73N13O21S5. The molecule has 39 heteroatoms. The summed E-state index contributed by atoms with van der Waals surface area (Å²) in [5.74, 6) is -6.86. The minimum Gasteiger partial charge on any atom is -0.506 e. The van der Waals surface area contributed by atoms with Crippen molar-refractivity contribution in [2.75, 3.05) is 80.6 Å². The van der Waals surface area contributed by atoms with Gasteiger partial charge >= 0.3 is 11.9 Å². The lowest BCUT2D eigenvalue weighted by atomic mass is 9.85. The highest BCUT2D eigenvalue weighted by atomic mass is 32.1. The number of aliphatic hydroxyl groups is 3. The number of methoxy groups -OCH3 is 1. The van der Waals surface area contributed by atoms with E-state index in [1.165, 1.54) is 54.6 Å². The fraction of sp³-hybridized carbons (Fsp3) is 0.439. The smallest absolute Gasteiger partial charge is 0.358 e. The quantitative estimate of drug-likeness (QED) is 0.0252. The van der Waals surface area contributed by atoms with Gasteiger partial charge in [0.05, 0.1) is 89.3 Å². The zero-order valence-electron chi connectivity index (χ0n) is 57.3. The molecule has 558 valence electrons. The highest BCUT2D eigenvalue weighted by molar-refractivity contribution is 7.14. The molecule has 8 aromatic rings. The molecule has 34 nitrogen and oxygen atoms in total. The maximum absolute atomic E-state index is 15.2. The van der Waals surface area contributed by atoms with Gasteiger partial charge in [-0.3, -0.25) is 24.0 Å². The zero-order valence-corrected chi connectivity index (χ0v) is 61.3. The molecule has 4 aliphatic rings. The van der Waals surface area contributed by atoms with Crippen LogP contribution < -0.4 is 26.6 Å². The van der Waals surface area contributed by atoms with E-state index in [1.54, 1.807) is 50.4 Å². The summed E-state index contributed by atoms with van der Waals surface area (Å²) in [6.07, 6.45) is -7.53. The maximum Gasteiger partial charge on any atom is 0.358 e. The van der Waals surface area contributed by atoms with Gasteiger partial charge in [-0.25, -0.2) is 39.5 Å². The number of aliphatic hydroxyl groups excluding tert-OH is 2. The number of nitrogens with zero attached hydrogens (tertiary/aromatic N) is 8. The SMILES string of the molecule is CO/C(C)=C1/NC(=O)C(C(C)O)NC(=O)c2csc(n2)-c2cc(O)c(-c3nc(C(=O)NCCOCCOCCOCCO)cs3)nc2-c2csc(n2)C2COC(=O)c3c4c5c(cccc5n3O)COC(=O)C(OC3CC(C)(O)C(N(C)C)C(C)O3)C(OC4)C(NC(=O)c3csc1n3)c1nc(cs1)C(=O)N2. The number of pyridine rings is 1. The molecule has 105 heavy (non-hydrogen) atoms. The van der Waals surface area contributed by atoms with Crippen molar-refractivity contribution in [3.05, 3.63) is 112 Å². The molecule has 1 fully saturated rings. The van der Waals surface area contributed by atoms with E-state index in [2.05, 4.69) is 41.5 Å². The average Bonchev–Trinajstić information content (AvgIpc) is 1.51. The van der Waals surface area contributed by atoms with Crippen molar-refractivity contribution in [2.45, 2.75) is 108 Å². The van der Waals surface area contributed by atoms with Gasteiger partial charge in [0.25, 0.3) is 23.6 Å². The Kier molecular flexibility index (Phi) is 23.7. The molecule has 10 N–H and O–H groups in total. The number of aromatic nitrogens is 7. The van der Waals surface area contributed by atoms with Crippen molar-refractivity contribution in [2.24, 2.45) is 0 Å². The van der Waals surface area contributed by atoms with Crippen LogP contribution in [0.1, 0.15) is 125 Å². The second-order valence-electron chi connectivity index (χ2n) is 24.8. The van der Waals surface area contributed by atoms with Crippen molar-refractivity contribution in [1.82, 2.24) is 66.1 Å². The summed E-state index contributed by atoms with van der Waals surface area (Å²) in [6, 6.07) is 0.739. The number of likely N-dealkylation sites (N-methyl/N-ethyl adjacent to an activating group) is 1. The number of amides is 5. The first-order valence-electron chi connectivity index (χ1n) is 32.7. The first kappa shape index (κ1) is 75.8. The fourth-order valence-corrected chi connectivity index (χ4v) is 16.6. The molecule has 5 amide bonds. The van der Waals surface area contributed by atoms with Crippen LogP contribution in [0.2, 0.25) is 0 Å². The van der Waals surface area contributed by atoms with Crippen LogP contribution in [0.15, 0.2) is 56.9 Å². The summed E-state index contributed by atoms with van der Waals surface area (Å²) >= 11 is 4.63. The second kappa shape index (κ2) is 32.8. The first-order valence-corrected chi connectivity index (χ1v) is 37.1. The third-order valence-electron chi connectivity index (χ3n) is 17.3. The van der Waals surface area contributed by atoms with E-state index in [9.17, 15) is 34.9 Å². The molecule has 0 spiro atoms. The van der Waals surface area contributed by atoms with E-state index in [1.807, 2.05) is 0 Å². The number of benzene rings is 1. The highest BCUT2D eigenvalue weighted by Crippen LogP contribution is 2.43. The van der Waals surface area contributed by atoms with Gasteiger partial charge in [-0.15, -0.1) is 56.7 Å². The Morgan fingerprint density at radius 3 is 2.18 bits per heavy atom. The van der Waals surface area contributed by atoms with Crippen LogP contribution in [0.25, 0.3) is 49.3 Å². The minimum atomic E-state index is -1.91. The van der Waals surface area contributed by atoms with Crippen molar-refractivity contribution in [3.8, 4) is 38.4 Å². The van der Waals surface area contributed by atoms with Gasteiger partial charge in [0.15, 0.2) is 18.1 Å². The number of rotatable bonds is 18. The summed E-state index contributed by atoms with van der Waals surface area (Å²) in [6.45, 7) is 5.76. The van der Waals surface area contributed by atoms with Gasteiger partial charge in [-0.1, -0.05) is 12.1 Å². The number of nitrogens with one attached hydrogen (secondary N) is 5. The van der Waals surface area contributed by atoms with E-state index in [-0.39, 0.29) is 144 Å². The van der Waals surface area contributed by atoms with Gasteiger partial charge in [-0.05, 0) is 59.5 Å². The van der Waals surface area contributed by atoms with Crippen LogP contribution in [0, 0.1) is 0 Å². The van der Waals surface area contributed by atoms with Crippen LogP contribution in [-0.2, 0) is 65.4 Å². The highest BCUT2D eigenvalue weighted by Gasteiger charge is 2.50. The fourth-order valence-electron chi connectivity index (χ4n) is 12.4. The van der Waals surface area contributed by atoms with Crippen LogP contribution in [0.5, 0.6) is 5.75 Å². The molecule has 1 saturated heterocycles. The van der Waals surface area contributed by atoms with Crippen LogP contribution in [0.4, 0.5) is 0 Å². The third-order valence-corrected chi connectivity index (χ3v) is 21.7. The van der Waals surface area contributed by atoms with E-state index in [0.29, 0.717) is 23.5 Å².